The molecule has 1 nitrogen and oxygen atoms in total. The molecule has 0 saturated carbocycles. The van der Waals surface area contributed by atoms with Gasteiger partial charge in [-0.2, -0.15) is 0 Å². The molecule has 0 aliphatic carbocycles. The largest absolute Gasteiger partial charge is 0.280 e. The molecular formula is C7H12Cl2O. The van der Waals surface area contributed by atoms with Crippen molar-refractivity contribution in [3.05, 3.63) is 0 Å². The molecule has 0 saturated heterocycles. The van der Waals surface area contributed by atoms with Gasteiger partial charge in [0.2, 0.25) is 5.24 Å². The van der Waals surface area contributed by atoms with Crippen LogP contribution in [0.4, 0.5) is 0 Å². The fourth-order valence-corrected chi connectivity index (χ4v) is 0.828. The summed E-state index contributed by atoms with van der Waals surface area (Å²) in [5.74, 6) is 0.581. The first-order valence-corrected chi connectivity index (χ1v) is 4.19. The predicted octanol–water partition coefficient (Wildman–Crippen LogP) is 2.80. The van der Waals surface area contributed by atoms with E-state index in [-0.39, 0.29) is 0 Å². The average Bonchev–Trinajstić information content (AvgIpc) is 1.82. The summed E-state index contributed by atoms with van der Waals surface area (Å²) in [4.78, 5) is 10.4. The highest BCUT2D eigenvalue weighted by Gasteiger charge is 2.11. The molecule has 0 bridgehead atoms. The van der Waals surface area contributed by atoms with Crippen molar-refractivity contribution in [2.24, 2.45) is 5.92 Å². The normalized spacial score (nSPS) is 13.7. The van der Waals surface area contributed by atoms with E-state index < -0.39 is 10.6 Å². The van der Waals surface area contributed by atoms with Crippen LogP contribution in [-0.4, -0.2) is 10.6 Å². The minimum absolute atomic E-state index is 0.442. The summed E-state index contributed by atoms with van der Waals surface area (Å²) in [6.07, 6.45) is 1.63. The van der Waals surface area contributed by atoms with Gasteiger partial charge in [-0.3, -0.25) is 4.79 Å². The topological polar surface area (TPSA) is 17.1 Å². The zero-order valence-electron chi connectivity index (χ0n) is 6.23. The molecule has 0 aromatic carbocycles. The van der Waals surface area contributed by atoms with Crippen molar-refractivity contribution < 1.29 is 4.79 Å². The maximum atomic E-state index is 10.4. The van der Waals surface area contributed by atoms with Gasteiger partial charge in [-0.15, -0.1) is 11.6 Å². The number of carbonyl (C=O) groups is 1. The van der Waals surface area contributed by atoms with Crippen molar-refractivity contribution in [1.29, 1.82) is 0 Å². The maximum Gasteiger partial charge on any atom is 0.239 e. The van der Waals surface area contributed by atoms with Crippen LogP contribution in [0.1, 0.15) is 26.7 Å². The van der Waals surface area contributed by atoms with Crippen molar-refractivity contribution in [3.63, 3.8) is 0 Å². The smallest absolute Gasteiger partial charge is 0.239 e. The molecule has 3 heteroatoms. The highest BCUT2D eigenvalue weighted by molar-refractivity contribution is 6.69. The Morgan fingerprint density at radius 3 is 2.20 bits per heavy atom. The van der Waals surface area contributed by atoms with E-state index in [9.17, 15) is 4.79 Å². The van der Waals surface area contributed by atoms with E-state index in [4.69, 9.17) is 23.2 Å². The van der Waals surface area contributed by atoms with Crippen LogP contribution in [0.25, 0.3) is 0 Å². The molecular weight excluding hydrogens is 171 g/mol. The van der Waals surface area contributed by atoms with Crippen LogP contribution < -0.4 is 0 Å². The van der Waals surface area contributed by atoms with E-state index in [1.165, 1.54) is 0 Å². The fraction of sp³-hybridized carbons (Fsp3) is 0.857. The Labute approximate surface area is 71.7 Å². The summed E-state index contributed by atoms with van der Waals surface area (Å²) in [5.41, 5.74) is 0. The highest BCUT2D eigenvalue weighted by atomic mass is 35.5. The lowest BCUT2D eigenvalue weighted by atomic mass is 10.1. The average molecular weight is 183 g/mol. The molecule has 0 aromatic heterocycles. The summed E-state index contributed by atoms with van der Waals surface area (Å²) in [6.45, 7) is 4.17. The second-order valence-electron chi connectivity index (χ2n) is 2.74. The Morgan fingerprint density at radius 2 is 1.90 bits per heavy atom. The summed E-state index contributed by atoms with van der Waals surface area (Å²) in [7, 11) is 0. The van der Waals surface area contributed by atoms with Gasteiger partial charge in [0, 0.05) is 0 Å². The quantitative estimate of drug-likeness (QED) is 0.483. The number of halogens is 2. The molecule has 0 rings (SSSR count). The van der Waals surface area contributed by atoms with E-state index in [0.29, 0.717) is 12.3 Å². The second-order valence-corrected chi connectivity index (χ2v) is 3.64. The van der Waals surface area contributed by atoms with Crippen LogP contribution in [0, 0.1) is 5.92 Å². The molecule has 60 valence electrons. The zero-order valence-corrected chi connectivity index (χ0v) is 7.74. The van der Waals surface area contributed by atoms with Gasteiger partial charge in [0.05, 0.1) is 0 Å². The van der Waals surface area contributed by atoms with Crippen molar-refractivity contribution in [1.82, 2.24) is 0 Å². The molecule has 10 heavy (non-hydrogen) atoms. The van der Waals surface area contributed by atoms with Crippen LogP contribution in [0.15, 0.2) is 0 Å². The monoisotopic (exact) mass is 182 g/mol. The van der Waals surface area contributed by atoms with Crippen molar-refractivity contribution in [2.45, 2.75) is 32.1 Å². The van der Waals surface area contributed by atoms with Crippen LogP contribution in [0.3, 0.4) is 0 Å². The molecule has 0 aliphatic rings. The van der Waals surface area contributed by atoms with Gasteiger partial charge in [0.25, 0.3) is 0 Å². The third kappa shape index (κ3) is 5.07. The van der Waals surface area contributed by atoms with E-state index in [1.54, 1.807) is 0 Å². The number of rotatable bonds is 4. The molecule has 0 spiro atoms. The minimum atomic E-state index is -0.496. The van der Waals surface area contributed by atoms with Gasteiger partial charge in [-0.25, -0.2) is 0 Å². The molecule has 0 heterocycles. The molecule has 0 aromatic rings. The van der Waals surface area contributed by atoms with Gasteiger partial charge >= 0.3 is 0 Å². The summed E-state index contributed by atoms with van der Waals surface area (Å²) in [6, 6.07) is 0. The molecule has 0 unspecified atom stereocenters. The predicted molar refractivity (Wildman–Crippen MR) is 44.6 cm³/mol. The van der Waals surface area contributed by atoms with E-state index in [1.807, 2.05) is 0 Å². The van der Waals surface area contributed by atoms with Gasteiger partial charge in [0.15, 0.2) is 0 Å². The maximum absolute atomic E-state index is 10.4. The Morgan fingerprint density at radius 1 is 1.40 bits per heavy atom. The molecule has 0 radical (unpaired) electrons. The molecule has 0 amide bonds. The highest BCUT2D eigenvalue weighted by Crippen LogP contribution is 2.13. The molecule has 0 aliphatic heterocycles. The Bertz CT molecular complexity index is 112. The SMILES string of the molecule is CC(C)CC[C@@H](Cl)C(=O)Cl. The number of carbonyl (C=O) groups excluding carboxylic acids is 1. The molecule has 0 N–H and O–H groups in total. The van der Waals surface area contributed by atoms with E-state index in [2.05, 4.69) is 13.8 Å². The minimum Gasteiger partial charge on any atom is -0.280 e. The zero-order chi connectivity index (χ0) is 8.15. The van der Waals surface area contributed by atoms with Gasteiger partial charge in [-0.05, 0) is 30.4 Å². The standard InChI is InChI=1S/C7H12Cl2O/c1-5(2)3-4-6(8)7(9)10/h5-6H,3-4H2,1-2H3/t6-/m1/s1. The number of hydrogen-bond donors (Lipinski definition) is 0. The molecule has 1 atom stereocenters. The van der Waals surface area contributed by atoms with Crippen LogP contribution in [0.2, 0.25) is 0 Å². The lowest BCUT2D eigenvalue weighted by Gasteiger charge is -2.05. The number of hydrogen-bond acceptors (Lipinski definition) is 1. The van der Waals surface area contributed by atoms with Crippen molar-refractivity contribution in [2.75, 3.05) is 0 Å². The number of alkyl halides is 1. The first-order chi connectivity index (χ1) is 4.54. The Hall–Kier alpha value is 0.250. The van der Waals surface area contributed by atoms with Crippen LogP contribution in [-0.2, 0) is 4.79 Å². The van der Waals surface area contributed by atoms with Gasteiger partial charge in [0.1, 0.15) is 5.38 Å². The van der Waals surface area contributed by atoms with Gasteiger partial charge < -0.3 is 0 Å². The summed E-state index contributed by atoms with van der Waals surface area (Å²) >= 11 is 10.7. The third-order valence-corrected chi connectivity index (χ3v) is 2.04. The summed E-state index contributed by atoms with van der Waals surface area (Å²) in [5, 5.41) is -0.939. The van der Waals surface area contributed by atoms with Gasteiger partial charge in [-0.1, -0.05) is 13.8 Å². The van der Waals surface area contributed by atoms with Crippen molar-refractivity contribution >= 4 is 28.4 Å². The lowest BCUT2D eigenvalue weighted by Crippen LogP contribution is -2.08. The third-order valence-electron chi connectivity index (χ3n) is 1.24. The van der Waals surface area contributed by atoms with Crippen LogP contribution >= 0.6 is 23.2 Å². The van der Waals surface area contributed by atoms with E-state index >= 15 is 0 Å². The Balaban J connectivity index is 3.40. The fourth-order valence-electron chi connectivity index (χ4n) is 0.593. The second kappa shape index (κ2) is 4.97. The van der Waals surface area contributed by atoms with Crippen LogP contribution in [0.5, 0.6) is 0 Å². The van der Waals surface area contributed by atoms with Crippen molar-refractivity contribution in [3.8, 4) is 0 Å². The lowest BCUT2D eigenvalue weighted by molar-refractivity contribution is -0.111. The Kier molecular flexibility index (Phi) is 5.10. The first kappa shape index (κ1) is 10.2. The summed E-state index contributed by atoms with van der Waals surface area (Å²) < 4.78 is 0. The first-order valence-electron chi connectivity index (χ1n) is 3.37. The molecule has 0 fully saturated rings. The van der Waals surface area contributed by atoms with E-state index in [0.717, 1.165) is 6.42 Å².